The second-order valence-corrected chi connectivity index (χ2v) is 6.88. The van der Waals surface area contributed by atoms with E-state index in [0.717, 1.165) is 17.1 Å². The lowest BCUT2D eigenvalue weighted by molar-refractivity contribution is 0.415. The number of hydrogen-bond acceptors (Lipinski definition) is 3. The molecular formula is C22H18O2S. The van der Waals surface area contributed by atoms with Crippen LogP contribution in [0.4, 0.5) is 0 Å². The Morgan fingerprint density at radius 3 is 2.24 bits per heavy atom. The molecule has 0 amide bonds. The van der Waals surface area contributed by atoms with Crippen molar-refractivity contribution in [2.24, 2.45) is 0 Å². The molecule has 1 heterocycles. The molecule has 0 N–H and O–H groups in total. The van der Waals surface area contributed by atoms with Gasteiger partial charge in [-0.15, -0.1) is 11.3 Å². The number of fused-ring (bicyclic) bond motifs is 1. The number of para-hydroxylation sites is 1. The van der Waals surface area contributed by atoms with E-state index < -0.39 is 0 Å². The lowest BCUT2D eigenvalue weighted by Crippen LogP contribution is -1.86. The summed E-state index contributed by atoms with van der Waals surface area (Å²) in [7, 11) is 3.40. The molecule has 0 spiro atoms. The van der Waals surface area contributed by atoms with Gasteiger partial charge < -0.3 is 9.47 Å². The van der Waals surface area contributed by atoms with Crippen molar-refractivity contribution in [3.63, 3.8) is 0 Å². The van der Waals surface area contributed by atoms with Crippen LogP contribution in [-0.4, -0.2) is 14.2 Å². The highest BCUT2D eigenvalue weighted by atomic mass is 32.1. The number of hydrogen-bond donors (Lipinski definition) is 0. The summed E-state index contributed by atoms with van der Waals surface area (Å²) in [6.07, 6.45) is 0. The molecule has 0 aliphatic heterocycles. The van der Waals surface area contributed by atoms with Gasteiger partial charge in [0.2, 0.25) is 0 Å². The van der Waals surface area contributed by atoms with E-state index in [0.29, 0.717) is 0 Å². The van der Waals surface area contributed by atoms with Crippen molar-refractivity contribution in [2.45, 2.75) is 0 Å². The number of thiophene rings is 1. The third-order valence-electron chi connectivity index (χ3n) is 4.31. The first-order valence-corrected chi connectivity index (χ1v) is 8.91. The van der Waals surface area contributed by atoms with Crippen molar-refractivity contribution in [1.82, 2.24) is 0 Å². The van der Waals surface area contributed by atoms with E-state index in [2.05, 4.69) is 42.5 Å². The highest BCUT2D eigenvalue weighted by molar-refractivity contribution is 7.22. The Morgan fingerprint density at radius 2 is 1.48 bits per heavy atom. The lowest BCUT2D eigenvalue weighted by Gasteiger charge is -2.08. The normalized spacial score (nSPS) is 10.8. The molecule has 0 fully saturated rings. The summed E-state index contributed by atoms with van der Waals surface area (Å²) in [5.74, 6) is 1.78. The Hall–Kier alpha value is -2.78. The molecule has 0 bridgehead atoms. The summed E-state index contributed by atoms with van der Waals surface area (Å²) < 4.78 is 12.0. The van der Waals surface area contributed by atoms with E-state index in [1.165, 1.54) is 26.1 Å². The molecule has 4 aromatic rings. The zero-order chi connectivity index (χ0) is 17.2. The van der Waals surface area contributed by atoms with Crippen LogP contribution in [0.25, 0.3) is 31.7 Å². The van der Waals surface area contributed by atoms with Gasteiger partial charge in [0.25, 0.3) is 0 Å². The number of benzene rings is 3. The van der Waals surface area contributed by atoms with Gasteiger partial charge in [-0.3, -0.25) is 0 Å². The molecular weight excluding hydrogens is 328 g/mol. The SMILES string of the molecule is COc1ccc(-c2cc3ccc(-c4ccccc4OC)cc3s2)cc1. The first-order valence-electron chi connectivity index (χ1n) is 8.10. The minimum Gasteiger partial charge on any atom is -0.497 e. The van der Waals surface area contributed by atoms with E-state index in [9.17, 15) is 0 Å². The molecule has 0 saturated heterocycles. The second kappa shape index (κ2) is 6.61. The molecule has 2 nitrogen and oxygen atoms in total. The molecule has 0 unspecified atom stereocenters. The van der Waals surface area contributed by atoms with E-state index >= 15 is 0 Å². The van der Waals surface area contributed by atoms with Crippen LogP contribution in [0.3, 0.4) is 0 Å². The van der Waals surface area contributed by atoms with Crippen LogP contribution in [0.15, 0.2) is 72.8 Å². The highest BCUT2D eigenvalue weighted by Gasteiger charge is 2.09. The molecule has 1 aromatic heterocycles. The first-order chi connectivity index (χ1) is 12.3. The monoisotopic (exact) mass is 346 g/mol. The van der Waals surface area contributed by atoms with Gasteiger partial charge in [0.15, 0.2) is 0 Å². The molecule has 0 atom stereocenters. The smallest absolute Gasteiger partial charge is 0.126 e. The molecule has 4 rings (SSSR count). The van der Waals surface area contributed by atoms with E-state index in [4.69, 9.17) is 9.47 Å². The van der Waals surface area contributed by atoms with Crippen LogP contribution in [0.1, 0.15) is 0 Å². The van der Waals surface area contributed by atoms with Crippen LogP contribution >= 0.6 is 11.3 Å². The topological polar surface area (TPSA) is 18.5 Å². The first kappa shape index (κ1) is 15.7. The van der Waals surface area contributed by atoms with E-state index in [1.807, 2.05) is 30.3 Å². The summed E-state index contributed by atoms with van der Waals surface area (Å²) in [5.41, 5.74) is 3.50. The van der Waals surface area contributed by atoms with Gasteiger partial charge in [-0.05, 0) is 59.0 Å². The average Bonchev–Trinajstić information content (AvgIpc) is 3.11. The van der Waals surface area contributed by atoms with Crippen LogP contribution in [0, 0.1) is 0 Å². The van der Waals surface area contributed by atoms with Gasteiger partial charge >= 0.3 is 0 Å². The number of rotatable bonds is 4. The second-order valence-electron chi connectivity index (χ2n) is 5.79. The maximum atomic E-state index is 5.50. The van der Waals surface area contributed by atoms with Gasteiger partial charge in [0.1, 0.15) is 11.5 Å². The Morgan fingerprint density at radius 1 is 0.720 bits per heavy atom. The van der Waals surface area contributed by atoms with Gasteiger partial charge in [-0.25, -0.2) is 0 Å². The molecule has 124 valence electrons. The van der Waals surface area contributed by atoms with Crippen LogP contribution in [0.5, 0.6) is 11.5 Å². The molecule has 0 aliphatic rings. The van der Waals surface area contributed by atoms with Crippen molar-refractivity contribution < 1.29 is 9.47 Å². The Kier molecular flexibility index (Phi) is 4.16. The van der Waals surface area contributed by atoms with Crippen LogP contribution in [-0.2, 0) is 0 Å². The minimum atomic E-state index is 0.878. The van der Waals surface area contributed by atoms with Crippen LogP contribution < -0.4 is 9.47 Å². The zero-order valence-corrected chi connectivity index (χ0v) is 15.0. The Labute approximate surface area is 151 Å². The third-order valence-corrected chi connectivity index (χ3v) is 5.46. The zero-order valence-electron chi connectivity index (χ0n) is 14.2. The third kappa shape index (κ3) is 2.99. The largest absolute Gasteiger partial charge is 0.497 e. The van der Waals surface area contributed by atoms with Crippen molar-refractivity contribution in [3.05, 3.63) is 72.8 Å². The lowest BCUT2D eigenvalue weighted by atomic mass is 10.0. The fraction of sp³-hybridized carbons (Fsp3) is 0.0909. The summed E-state index contributed by atoms with van der Waals surface area (Å²) >= 11 is 1.80. The Balaban J connectivity index is 1.76. The summed E-state index contributed by atoms with van der Waals surface area (Å²) in [4.78, 5) is 1.26. The average molecular weight is 346 g/mol. The summed E-state index contributed by atoms with van der Waals surface area (Å²) in [6, 6.07) is 25.2. The molecule has 0 radical (unpaired) electrons. The van der Waals surface area contributed by atoms with Gasteiger partial charge in [-0.1, -0.05) is 30.3 Å². The van der Waals surface area contributed by atoms with Crippen molar-refractivity contribution >= 4 is 21.4 Å². The number of methoxy groups -OCH3 is 2. The predicted octanol–water partition coefficient (Wildman–Crippen LogP) is 6.25. The molecule has 0 aliphatic carbocycles. The van der Waals surface area contributed by atoms with E-state index in [-0.39, 0.29) is 0 Å². The van der Waals surface area contributed by atoms with Gasteiger partial charge in [0, 0.05) is 15.1 Å². The van der Waals surface area contributed by atoms with Crippen LogP contribution in [0.2, 0.25) is 0 Å². The maximum absolute atomic E-state index is 5.50. The van der Waals surface area contributed by atoms with Crippen molar-refractivity contribution in [1.29, 1.82) is 0 Å². The predicted molar refractivity (Wildman–Crippen MR) is 106 cm³/mol. The molecule has 0 saturated carbocycles. The number of ether oxygens (including phenoxy) is 2. The van der Waals surface area contributed by atoms with Gasteiger partial charge in [-0.2, -0.15) is 0 Å². The van der Waals surface area contributed by atoms with E-state index in [1.54, 1.807) is 25.6 Å². The molecule has 25 heavy (non-hydrogen) atoms. The fourth-order valence-electron chi connectivity index (χ4n) is 2.98. The van der Waals surface area contributed by atoms with Crippen molar-refractivity contribution in [3.8, 4) is 33.1 Å². The van der Waals surface area contributed by atoms with Crippen molar-refractivity contribution in [2.75, 3.05) is 14.2 Å². The minimum absolute atomic E-state index is 0.878. The molecule has 3 aromatic carbocycles. The molecule has 3 heteroatoms. The van der Waals surface area contributed by atoms with Gasteiger partial charge in [0.05, 0.1) is 14.2 Å². The maximum Gasteiger partial charge on any atom is 0.126 e. The summed E-state index contributed by atoms with van der Waals surface area (Å²) in [5, 5.41) is 1.26. The standard InChI is InChI=1S/C22H18O2S/c1-23-18-11-9-15(10-12-18)21-14-17-8-7-16(13-22(17)25-21)19-5-3-4-6-20(19)24-2/h3-14H,1-2H3. The Bertz CT molecular complexity index is 1020. The highest BCUT2D eigenvalue weighted by Crippen LogP contribution is 2.38. The quantitative estimate of drug-likeness (QED) is 0.435. The summed E-state index contributed by atoms with van der Waals surface area (Å²) in [6.45, 7) is 0. The fourth-order valence-corrected chi connectivity index (χ4v) is 4.09.